The van der Waals surface area contributed by atoms with E-state index in [1.54, 1.807) is 0 Å². The summed E-state index contributed by atoms with van der Waals surface area (Å²) >= 11 is 0. The van der Waals surface area contributed by atoms with Gasteiger partial charge in [-0.3, -0.25) is 0 Å². The van der Waals surface area contributed by atoms with E-state index in [4.69, 9.17) is 0 Å². The Hall–Kier alpha value is -0.0400. The normalized spacial score (nSPS) is 16.0. The molecule has 0 radical (unpaired) electrons. The predicted octanol–water partition coefficient (Wildman–Crippen LogP) is 3.20. The molecule has 2 atom stereocenters. The van der Waals surface area contributed by atoms with Crippen molar-refractivity contribution in [1.29, 1.82) is 0 Å². The Morgan fingerprint density at radius 1 is 1.17 bits per heavy atom. The van der Waals surface area contributed by atoms with Gasteiger partial charge >= 0.3 is 0 Å². The minimum Gasteiger partial charge on any atom is -0.317 e. The van der Waals surface area contributed by atoms with E-state index in [2.05, 4.69) is 26.1 Å². The van der Waals surface area contributed by atoms with Gasteiger partial charge in [-0.2, -0.15) is 0 Å². The van der Waals surface area contributed by atoms with Crippen molar-refractivity contribution in [2.45, 2.75) is 58.9 Å². The van der Waals surface area contributed by atoms with Crippen LogP contribution < -0.4 is 5.32 Å². The molecular formula is C11H25N. The summed E-state index contributed by atoms with van der Waals surface area (Å²) in [5.74, 6) is 0.888. The van der Waals surface area contributed by atoms with Crippen LogP contribution in [-0.4, -0.2) is 13.1 Å². The molecule has 1 heteroatoms. The van der Waals surface area contributed by atoms with E-state index >= 15 is 0 Å². The second kappa shape index (κ2) is 7.60. The first-order chi connectivity index (χ1) is 5.70. The van der Waals surface area contributed by atoms with Crippen LogP contribution in [-0.2, 0) is 0 Å². The van der Waals surface area contributed by atoms with Gasteiger partial charge in [0.15, 0.2) is 0 Å². The summed E-state index contributed by atoms with van der Waals surface area (Å²) in [6.45, 7) is 6.89. The standard InChI is InChI=1S/C11H25N/c1-5-6-7-8-10(2)9-11(3)12-4/h10-12H,5-9H2,1-4H3. The van der Waals surface area contributed by atoms with E-state index in [1.165, 1.54) is 32.1 Å². The fourth-order valence-corrected chi connectivity index (χ4v) is 1.58. The minimum atomic E-state index is 0.682. The number of nitrogens with one attached hydrogen (secondary N) is 1. The first-order valence-corrected chi connectivity index (χ1v) is 5.38. The Kier molecular flexibility index (Phi) is 7.58. The molecule has 0 bridgehead atoms. The molecule has 74 valence electrons. The fraction of sp³-hybridized carbons (Fsp3) is 1.00. The molecule has 1 nitrogen and oxygen atoms in total. The van der Waals surface area contributed by atoms with Crippen LogP contribution in [0.4, 0.5) is 0 Å². The molecule has 0 aliphatic rings. The van der Waals surface area contributed by atoms with Crippen LogP contribution in [0.15, 0.2) is 0 Å². The average molecular weight is 171 g/mol. The number of hydrogen-bond acceptors (Lipinski definition) is 1. The third kappa shape index (κ3) is 6.66. The summed E-state index contributed by atoms with van der Waals surface area (Å²) in [6.07, 6.45) is 6.88. The zero-order valence-electron chi connectivity index (χ0n) is 9.19. The highest BCUT2D eigenvalue weighted by Gasteiger charge is 2.05. The van der Waals surface area contributed by atoms with Crippen molar-refractivity contribution in [2.24, 2.45) is 5.92 Å². The van der Waals surface area contributed by atoms with Gasteiger partial charge in [0, 0.05) is 6.04 Å². The topological polar surface area (TPSA) is 12.0 Å². The van der Waals surface area contributed by atoms with Gasteiger partial charge in [-0.1, -0.05) is 39.5 Å². The van der Waals surface area contributed by atoms with Crippen molar-refractivity contribution in [3.63, 3.8) is 0 Å². The van der Waals surface area contributed by atoms with E-state index in [1.807, 2.05) is 7.05 Å². The highest BCUT2D eigenvalue weighted by Crippen LogP contribution is 2.14. The smallest absolute Gasteiger partial charge is 0.00382 e. The zero-order chi connectivity index (χ0) is 9.40. The Bertz CT molecular complexity index is 91.0. The molecule has 0 heterocycles. The number of rotatable bonds is 7. The molecule has 0 aliphatic heterocycles. The molecule has 12 heavy (non-hydrogen) atoms. The predicted molar refractivity (Wildman–Crippen MR) is 56.4 cm³/mol. The van der Waals surface area contributed by atoms with Crippen molar-refractivity contribution < 1.29 is 0 Å². The van der Waals surface area contributed by atoms with Crippen molar-refractivity contribution in [2.75, 3.05) is 7.05 Å². The molecule has 0 aliphatic carbocycles. The van der Waals surface area contributed by atoms with Gasteiger partial charge in [0.25, 0.3) is 0 Å². The second-order valence-corrected chi connectivity index (χ2v) is 4.03. The van der Waals surface area contributed by atoms with E-state index in [9.17, 15) is 0 Å². The minimum absolute atomic E-state index is 0.682. The van der Waals surface area contributed by atoms with Gasteiger partial charge in [-0.15, -0.1) is 0 Å². The summed E-state index contributed by atoms with van der Waals surface area (Å²) in [5, 5.41) is 3.29. The van der Waals surface area contributed by atoms with E-state index in [0.717, 1.165) is 5.92 Å². The molecular weight excluding hydrogens is 146 g/mol. The summed E-state index contributed by atoms with van der Waals surface area (Å²) < 4.78 is 0. The number of unbranched alkanes of at least 4 members (excludes halogenated alkanes) is 2. The molecule has 0 fully saturated rings. The van der Waals surface area contributed by atoms with E-state index in [-0.39, 0.29) is 0 Å². The van der Waals surface area contributed by atoms with Crippen LogP contribution >= 0.6 is 0 Å². The lowest BCUT2D eigenvalue weighted by molar-refractivity contribution is 0.405. The Balaban J connectivity index is 3.26. The van der Waals surface area contributed by atoms with Crippen molar-refractivity contribution in [3.8, 4) is 0 Å². The first kappa shape index (κ1) is 12.0. The quantitative estimate of drug-likeness (QED) is 0.580. The van der Waals surface area contributed by atoms with E-state index < -0.39 is 0 Å². The lowest BCUT2D eigenvalue weighted by Crippen LogP contribution is -2.23. The molecule has 0 amide bonds. The van der Waals surface area contributed by atoms with Crippen LogP contribution in [0.25, 0.3) is 0 Å². The van der Waals surface area contributed by atoms with Gasteiger partial charge in [0.1, 0.15) is 0 Å². The molecule has 0 saturated carbocycles. The summed E-state index contributed by atoms with van der Waals surface area (Å²) in [7, 11) is 2.05. The molecule has 1 N–H and O–H groups in total. The van der Waals surface area contributed by atoms with Crippen LogP contribution in [0.1, 0.15) is 52.9 Å². The maximum atomic E-state index is 3.29. The number of hydrogen-bond donors (Lipinski definition) is 1. The summed E-state index contributed by atoms with van der Waals surface area (Å²) in [5.41, 5.74) is 0. The maximum absolute atomic E-state index is 3.29. The SMILES string of the molecule is CCCCCC(C)CC(C)NC. The highest BCUT2D eigenvalue weighted by atomic mass is 14.8. The zero-order valence-corrected chi connectivity index (χ0v) is 9.19. The Labute approximate surface area is 77.9 Å². The van der Waals surface area contributed by atoms with Gasteiger partial charge in [-0.05, 0) is 26.3 Å². The van der Waals surface area contributed by atoms with Crippen molar-refractivity contribution in [3.05, 3.63) is 0 Å². The van der Waals surface area contributed by atoms with Gasteiger partial charge in [-0.25, -0.2) is 0 Å². The van der Waals surface area contributed by atoms with Crippen LogP contribution in [0.2, 0.25) is 0 Å². The Morgan fingerprint density at radius 2 is 1.83 bits per heavy atom. The van der Waals surface area contributed by atoms with Crippen LogP contribution in [0.5, 0.6) is 0 Å². The summed E-state index contributed by atoms with van der Waals surface area (Å²) in [6, 6.07) is 0.682. The monoisotopic (exact) mass is 171 g/mol. The van der Waals surface area contributed by atoms with Crippen LogP contribution in [0.3, 0.4) is 0 Å². The Morgan fingerprint density at radius 3 is 2.33 bits per heavy atom. The van der Waals surface area contributed by atoms with Gasteiger partial charge in [0.2, 0.25) is 0 Å². The third-order valence-electron chi connectivity index (χ3n) is 2.55. The summed E-state index contributed by atoms with van der Waals surface area (Å²) in [4.78, 5) is 0. The molecule has 2 unspecified atom stereocenters. The molecule has 0 aromatic carbocycles. The first-order valence-electron chi connectivity index (χ1n) is 5.38. The highest BCUT2D eigenvalue weighted by molar-refractivity contribution is 4.62. The maximum Gasteiger partial charge on any atom is 0.00382 e. The van der Waals surface area contributed by atoms with Gasteiger partial charge < -0.3 is 5.32 Å². The van der Waals surface area contributed by atoms with Crippen LogP contribution in [0, 0.1) is 5.92 Å². The molecule has 0 aromatic heterocycles. The molecule has 0 aromatic rings. The van der Waals surface area contributed by atoms with E-state index in [0.29, 0.717) is 6.04 Å². The fourth-order valence-electron chi connectivity index (χ4n) is 1.58. The second-order valence-electron chi connectivity index (χ2n) is 4.03. The third-order valence-corrected chi connectivity index (χ3v) is 2.55. The molecule has 0 saturated heterocycles. The largest absolute Gasteiger partial charge is 0.317 e. The van der Waals surface area contributed by atoms with Crippen molar-refractivity contribution >= 4 is 0 Å². The van der Waals surface area contributed by atoms with Crippen molar-refractivity contribution in [1.82, 2.24) is 5.32 Å². The molecule has 0 spiro atoms. The van der Waals surface area contributed by atoms with Gasteiger partial charge in [0.05, 0.1) is 0 Å². The lowest BCUT2D eigenvalue weighted by Gasteiger charge is -2.16. The molecule has 0 rings (SSSR count). The lowest BCUT2D eigenvalue weighted by atomic mass is 9.96. The average Bonchev–Trinajstić information content (AvgIpc) is 2.05.